The highest BCUT2D eigenvalue weighted by Crippen LogP contribution is 2.37. The number of piperidine rings is 1. The summed E-state index contributed by atoms with van der Waals surface area (Å²) >= 11 is 0. The lowest BCUT2D eigenvalue weighted by atomic mass is 9.75. The third-order valence-corrected chi connectivity index (χ3v) is 9.25. The monoisotopic (exact) mass is 621 g/mol. The van der Waals surface area contributed by atoms with Crippen LogP contribution in [0.3, 0.4) is 0 Å². The number of carbonyl (C=O) groups is 5. The van der Waals surface area contributed by atoms with Crippen LogP contribution in [0.5, 0.6) is 0 Å². The minimum atomic E-state index is -0.645. The number of nitrogens with zero attached hydrogens (tertiary/aromatic N) is 5. The molecule has 0 aromatic carbocycles. The average Bonchev–Trinajstić information content (AvgIpc) is 3.38. The molecule has 3 heterocycles. The van der Waals surface area contributed by atoms with Gasteiger partial charge in [0.05, 0.1) is 6.61 Å². The van der Waals surface area contributed by atoms with E-state index in [0.717, 1.165) is 38.5 Å². The van der Waals surface area contributed by atoms with Crippen LogP contribution in [0, 0.1) is 5.41 Å². The summed E-state index contributed by atoms with van der Waals surface area (Å²) in [4.78, 5) is 72.2. The molecule has 0 unspecified atom stereocenters. The third-order valence-electron chi connectivity index (χ3n) is 9.25. The van der Waals surface area contributed by atoms with Gasteiger partial charge in [0.2, 0.25) is 23.6 Å². The number of hydrogen-bond acceptors (Lipinski definition) is 7. The van der Waals surface area contributed by atoms with E-state index >= 15 is 0 Å². The van der Waals surface area contributed by atoms with E-state index in [-0.39, 0.29) is 48.2 Å². The van der Waals surface area contributed by atoms with Crippen molar-refractivity contribution in [3.63, 3.8) is 0 Å². The maximum Gasteiger partial charge on any atom is 0.410 e. The van der Waals surface area contributed by atoms with Crippen LogP contribution in [-0.2, 0) is 28.7 Å². The first kappa shape index (κ1) is 35.6. The zero-order chi connectivity index (χ0) is 32.5. The van der Waals surface area contributed by atoms with E-state index in [9.17, 15) is 24.0 Å². The fraction of sp³-hybridized carbons (Fsp3) is 0.844. The van der Waals surface area contributed by atoms with Gasteiger partial charge in [-0.2, -0.15) is 0 Å². The summed E-state index contributed by atoms with van der Waals surface area (Å²) in [7, 11) is 5.18. The predicted molar refractivity (Wildman–Crippen MR) is 166 cm³/mol. The largest absolute Gasteiger partial charge is 0.444 e. The van der Waals surface area contributed by atoms with E-state index in [1.54, 1.807) is 40.7 Å². The topological polar surface area (TPSA) is 120 Å². The number of likely N-dealkylation sites (N-methyl/N-ethyl adjacent to an activating group) is 2. The minimum absolute atomic E-state index is 0.0354. The first-order chi connectivity index (χ1) is 20.7. The van der Waals surface area contributed by atoms with Crippen LogP contribution >= 0.6 is 0 Å². The van der Waals surface area contributed by atoms with Crippen molar-refractivity contribution >= 4 is 29.7 Å². The quantitative estimate of drug-likeness (QED) is 0.429. The highest BCUT2D eigenvalue weighted by atomic mass is 16.6. The molecule has 44 heavy (non-hydrogen) atoms. The first-order valence-corrected chi connectivity index (χ1v) is 16.3. The van der Waals surface area contributed by atoms with E-state index in [1.165, 1.54) is 4.90 Å². The van der Waals surface area contributed by atoms with Gasteiger partial charge in [0.1, 0.15) is 18.2 Å². The van der Waals surface area contributed by atoms with Gasteiger partial charge in [0, 0.05) is 73.3 Å². The Kier molecular flexibility index (Phi) is 12.9. The number of likely N-dealkylation sites (tertiary alicyclic amines) is 2. The fourth-order valence-corrected chi connectivity index (χ4v) is 6.29. The van der Waals surface area contributed by atoms with Crippen LogP contribution in [-0.4, -0.2) is 139 Å². The van der Waals surface area contributed by atoms with Crippen LogP contribution in [0.2, 0.25) is 0 Å². The maximum absolute atomic E-state index is 13.5. The molecule has 5 amide bonds. The number of rotatable bonds is 7. The molecule has 0 aromatic rings. The zero-order valence-corrected chi connectivity index (χ0v) is 27.9. The van der Waals surface area contributed by atoms with Crippen molar-refractivity contribution in [3.8, 4) is 0 Å². The van der Waals surface area contributed by atoms with Crippen LogP contribution in [0.1, 0.15) is 85.0 Å². The Bertz CT molecular complexity index is 1020. The molecule has 3 saturated heterocycles. The molecule has 3 rings (SSSR count). The molecule has 1 spiro atoms. The van der Waals surface area contributed by atoms with Crippen molar-refractivity contribution in [2.45, 2.75) is 96.6 Å². The predicted octanol–water partition coefficient (Wildman–Crippen LogP) is 2.74. The Morgan fingerprint density at radius 3 is 2.32 bits per heavy atom. The summed E-state index contributed by atoms with van der Waals surface area (Å²) in [6.07, 6.45) is 6.57. The smallest absolute Gasteiger partial charge is 0.410 e. The van der Waals surface area contributed by atoms with Gasteiger partial charge in [0.15, 0.2) is 0 Å². The molecule has 12 nitrogen and oxygen atoms in total. The lowest BCUT2D eigenvalue weighted by molar-refractivity contribution is -0.147. The normalized spacial score (nSPS) is 22.5. The SMILES string of the molecule is CN(CCC[C@H]1C(=O)N(C)CCCCC2(CCN(C(=O)OC(C)(C)C)CC2)COCC(=O)N1C)C(=O)CCN1CCCC1=O. The van der Waals surface area contributed by atoms with Gasteiger partial charge in [-0.3, -0.25) is 19.2 Å². The Morgan fingerprint density at radius 2 is 1.68 bits per heavy atom. The van der Waals surface area contributed by atoms with E-state index in [1.807, 2.05) is 20.8 Å². The lowest BCUT2D eigenvalue weighted by Crippen LogP contribution is -2.50. The highest BCUT2D eigenvalue weighted by Gasteiger charge is 2.38. The van der Waals surface area contributed by atoms with Crippen LogP contribution in [0.15, 0.2) is 0 Å². The number of carbonyl (C=O) groups excluding carboxylic acids is 5. The summed E-state index contributed by atoms with van der Waals surface area (Å²) in [6.45, 7) is 9.27. The summed E-state index contributed by atoms with van der Waals surface area (Å²) < 4.78 is 11.6. The van der Waals surface area contributed by atoms with Gasteiger partial charge >= 0.3 is 6.09 Å². The number of hydrogen-bond donors (Lipinski definition) is 0. The Labute approximate surface area is 263 Å². The molecule has 12 heteroatoms. The standard InChI is InChI=1S/C32H55N5O7/c1-31(2,3)44-30(42)37-21-15-32(16-22-37)14-7-8-17-34(5)29(41)25(35(6)28(40)23-43-24-32)11-9-18-33(4)26(38)13-20-36-19-10-12-27(36)39/h25H,7-24H2,1-6H3/t25-/m0/s1. The molecule has 3 fully saturated rings. The van der Waals surface area contributed by atoms with E-state index in [0.29, 0.717) is 65.1 Å². The Balaban J connectivity index is 1.54. The molecule has 0 aromatic heterocycles. The highest BCUT2D eigenvalue weighted by molar-refractivity contribution is 5.88. The molecule has 1 atom stereocenters. The van der Waals surface area contributed by atoms with Gasteiger partial charge in [-0.15, -0.1) is 0 Å². The van der Waals surface area contributed by atoms with Gasteiger partial charge in [-0.05, 0) is 71.1 Å². The second kappa shape index (κ2) is 15.9. The summed E-state index contributed by atoms with van der Waals surface area (Å²) in [6, 6.07) is -0.645. The molecule has 0 saturated carbocycles. The molecule has 0 radical (unpaired) electrons. The molecular weight excluding hydrogens is 566 g/mol. The molecule has 0 bridgehead atoms. The van der Waals surface area contributed by atoms with Crippen LogP contribution in [0.25, 0.3) is 0 Å². The van der Waals surface area contributed by atoms with Crippen molar-refractivity contribution < 1.29 is 33.4 Å². The summed E-state index contributed by atoms with van der Waals surface area (Å²) in [5, 5.41) is 0. The second-order valence-corrected chi connectivity index (χ2v) is 13.9. The molecule has 0 N–H and O–H groups in total. The van der Waals surface area contributed by atoms with Crippen molar-refractivity contribution in [1.29, 1.82) is 0 Å². The van der Waals surface area contributed by atoms with Gasteiger partial charge in [0.25, 0.3) is 0 Å². The van der Waals surface area contributed by atoms with E-state index < -0.39 is 11.6 Å². The second-order valence-electron chi connectivity index (χ2n) is 13.9. The van der Waals surface area contributed by atoms with Crippen molar-refractivity contribution in [1.82, 2.24) is 24.5 Å². The van der Waals surface area contributed by atoms with Crippen LogP contribution in [0.4, 0.5) is 4.79 Å². The Morgan fingerprint density at radius 1 is 0.977 bits per heavy atom. The molecule has 250 valence electrons. The minimum Gasteiger partial charge on any atom is -0.444 e. The molecule has 3 aliphatic heterocycles. The Hall–Kier alpha value is -2.89. The van der Waals surface area contributed by atoms with Crippen molar-refractivity contribution in [2.24, 2.45) is 5.41 Å². The lowest BCUT2D eigenvalue weighted by Gasteiger charge is -2.42. The molecule has 3 aliphatic rings. The molecular formula is C32H55N5O7. The van der Waals surface area contributed by atoms with Gasteiger partial charge in [-0.1, -0.05) is 6.42 Å². The molecule has 0 aliphatic carbocycles. The van der Waals surface area contributed by atoms with Gasteiger partial charge in [-0.25, -0.2) is 4.79 Å². The van der Waals surface area contributed by atoms with Crippen molar-refractivity contribution in [2.75, 3.05) is 73.6 Å². The summed E-state index contributed by atoms with van der Waals surface area (Å²) in [5.41, 5.74) is -0.676. The summed E-state index contributed by atoms with van der Waals surface area (Å²) in [5.74, 6) is -0.289. The number of amides is 5. The fourth-order valence-electron chi connectivity index (χ4n) is 6.29. The van der Waals surface area contributed by atoms with Crippen LogP contribution < -0.4 is 0 Å². The first-order valence-electron chi connectivity index (χ1n) is 16.3. The van der Waals surface area contributed by atoms with Gasteiger partial charge < -0.3 is 34.0 Å². The van der Waals surface area contributed by atoms with E-state index in [4.69, 9.17) is 9.47 Å². The number of ether oxygens (including phenoxy) is 2. The maximum atomic E-state index is 13.5. The third kappa shape index (κ3) is 10.3. The van der Waals surface area contributed by atoms with E-state index in [2.05, 4.69) is 0 Å². The van der Waals surface area contributed by atoms with Crippen molar-refractivity contribution in [3.05, 3.63) is 0 Å². The zero-order valence-electron chi connectivity index (χ0n) is 27.9. The average molecular weight is 622 g/mol.